The van der Waals surface area contributed by atoms with Crippen molar-refractivity contribution in [2.45, 2.75) is 0 Å². The van der Waals surface area contributed by atoms with Crippen molar-refractivity contribution in [1.82, 2.24) is 10.2 Å². The zero-order valence-electron chi connectivity index (χ0n) is 7.97. The highest BCUT2D eigenvalue weighted by atomic mass is 16.5. The predicted octanol–water partition coefficient (Wildman–Crippen LogP) is 0.559. The molecule has 4 nitrogen and oxygen atoms in total. The van der Waals surface area contributed by atoms with Gasteiger partial charge in [0.2, 0.25) is 0 Å². The lowest BCUT2D eigenvalue weighted by Gasteiger charge is -2.16. The molecule has 74 valence electrons. The maximum absolute atomic E-state index is 5.43. The zero-order valence-corrected chi connectivity index (χ0v) is 7.97. The molecule has 0 saturated carbocycles. The Hall–Kier alpha value is -1.16. The number of anilines is 1. The summed E-state index contributed by atoms with van der Waals surface area (Å²) in [4.78, 5) is 2.31. The van der Waals surface area contributed by atoms with E-state index in [1.54, 1.807) is 6.20 Å². The molecule has 0 aliphatic carbocycles. The highest BCUT2D eigenvalue weighted by molar-refractivity contribution is 5.38. The molecule has 2 aliphatic heterocycles. The van der Waals surface area contributed by atoms with E-state index in [4.69, 9.17) is 4.74 Å². The van der Waals surface area contributed by atoms with Crippen LogP contribution >= 0.6 is 0 Å². The molecule has 0 radical (unpaired) electrons. The minimum absolute atomic E-state index is 0.706. The zero-order chi connectivity index (χ0) is 9.38. The molecule has 0 amide bonds. The van der Waals surface area contributed by atoms with Gasteiger partial charge in [0.15, 0.2) is 5.82 Å². The Morgan fingerprint density at radius 3 is 2.71 bits per heavy atom. The fourth-order valence-corrected chi connectivity index (χ4v) is 2.34. The third-order valence-corrected chi connectivity index (χ3v) is 3.12. The molecule has 2 unspecified atom stereocenters. The standard InChI is InChI=1S/C10H13N3O/c1-2-10(12-11-3-1)13-4-8-6-14-7-9(8)5-13/h1-3,8-9H,4-7H2. The Bertz CT molecular complexity index is 304. The number of nitrogens with zero attached hydrogens (tertiary/aromatic N) is 3. The largest absolute Gasteiger partial charge is 0.381 e. The molecule has 14 heavy (non-hydrogen) atoms. The third-order valence-electron chi connectivity index (χ3n) is 3.12. The molecule has 3 heterocycles. The van der Waals surface area contributed by atoms with Crippen molar-refractivity contribution in [3.05, 3.63) is 18.3 Å². The molecule has 1 aromatic rings. The summed E-state index contributed by atoms with van der Waals surface area (Å²) in [6.45, 7) is 3.98. The molecule has 4 heteroatoms. The van der Waals surface area contributed by atoms with Gasteiger partial charge in [0.05, 0.1) is 13.2 Å². The lowest BCUT2D eigenvalue weighted by Crippen LogP contribution is -2.23. The topological polar surface area (TPSA) is 38.2 Å². The predicted molar refractivity (Wildman–Crippen MR) is 52.0 cm³/mol. The average molecular weight is 191 g/mol. The first-order valence-electron chi connectivity index (χ1n) is 5.04. The highest BCUT2D eigenvalue weighted by Gasteiger charge is 2.37. The number of aromatic nitrogens is 2. The van der Waals surface area contributed by atoms with E-state index >= 15 is 0 Å². The van der Waals surface area contributed by atoms with Crippen molar-refractivity contribution >= 4 is 5.82 Å². The molecule has 0 bridgehead atoms. The van der Waals surface area contributed by atoms with E-state index in [9.17, 15) is 0 Å². The van der Waals surface area contributed by atoms with E-state index < -0.39 is 0 Å². The van der Waals surface area contributed by atoms with Gasteiger partial charge in [0.25, 0.3) is 0 Å². The smallest absolute Gasteiger partial charge is 0.151 e. The van der Waals surface area contributed by atoms with Crippen LogP contribution in [-0.2, 0) is 4.74 Å². The van der Waals surface area contributed by atoms with E-state index in [0.29, 0.717) is 11.8 Å². The molecular formula is C10H13N3O. The van der Waals surface area contributed by atoms with E-state index in [2.05, 4.69) is 15.1 Å². The molecular weight excluding hydrogens is 178 g/mol. The first-order valence-corrected chi connectivity index (χ1v) is 5.04. The maximum Gasteiger partial charge on any atom is 0.151 e. The SMILES string of the molecule is c1cnnc(N2CC3COCC3C2)c1. The normalized spacial score (nSPS) is 30.7. The van der Waals surface area contributed by atoms with Crippen molar-refractivity contribution in [3.63, 3.8) is 0 Å². The van der Waals surface area contributed by atoms with E-state index in [1.807, 2.05) is 12.1 Å². The summed E-state index contributed by atoms with van der Waals surface area (Å²) in [6.07, 6.45) is 1.71. The van der Waals surface area contributed by atoms with Gasteiger partial charge in [-0.25, -0.2) is 0 Å². The van der Waals surface area contributed by atoms with Crippen LogP contribution in [0.5, 0.6) is 0 Å². The quantitative estimate of drug-likeness (QED) is 0.650. The summed E-state index contributed by atoms with van der Waals surface area (Å²) in [5.74, 6) is 2.41. The summed E-state index contributed by atoms with van der Waals surface area (Å²) >= 11 is 0. The summed E-state index contributed by atoms with van der Waals surface area (Å²) in [5.41, 5.74) is 0. The van der Waals surface area contributed by atoms with Crippen molar-refractivity contribution in [1.29, 1.82) is 0 Å². The fraction of sp³-hybridized carbons (Fsp3) is 0.600. The molecule has 2 atom stereocenters. The third kappa shape index (κ3) is 1.26. The van der Waals surface area contributed by atoms with E-state index in [1.165, 1.54) is 0 Å². The molecule has 1 aromatic heterocycles. The van der Waals surface area contributed by atoms with Gasteiger partial charge in [-0.3, -0.25) is 0 Å². The first-order chi connectivity index (χ1) is 6.93. The van der Waals surface area contributed by atoms with Crippen molar-refractivity contribution in [3.8, 4) is 0 Å². The van der Waals surface area contributed by atoms with Crippen LogP contribution in [0, 0.1) is 11.8 Å². The van der Waals surface area contributed by atoms with Crippen LogP contribution in [0.2, 0.25) is 0 Å². The number of ether oxygens (including phenoxy) is 1. The molecule has 0 N–H and O–H groups in total. The van der Waals surface area contributed by atoms with Crippen LogP contribution in [0.15, 0.2) is 18.3 Å². The number of fused-ring (bicyclic) bond motifs is 1. The van der Waals surface area contributed by atoms with Crippen LogP contribution in [0.1, 0.15) is 0 Å². The minimum atomic E-state index is 0.706. The molecule has 3 rings (SSSR count). The Balaban J connectivity index is 1.77. The van der Waals surface area contributed by atoms with Gasteiger partial charge >= 0.3 is 0 Å². The van der Waals surface area contributed by atoms with Gasteiger partial charge in [0.1, 0.15) is 0 Å². The van der Waals surface area contributed by atoms with Gasteiger partial charge < -0.3 is 9.64 Å². The summed E-state index contributed by atoms with van der Waals surface area (Å²) in [6, 6.07) is 3.96. The van der Waals surface area contributed by atoms with Crippen LogP contribution < -0.4 is 4.90 Å². The Morgan fingerprint density at radius 1 is 1.29 bits per heavy atom. The summed E-state index contributed by atoms with van der Waals surface area (Å²) < 4.78 is 5.43. The number of hydrogen-bond acceptors (Lipinski definition) is 4. The second-order valence-electron chi connectivity index (χ2n) is 4.04. The van der Waals surface area contributed by atoms with Crippen molar-refractivity contribution in [2.75, 3.05) is 31.2 Å². The van der Waals surface area contributed by atoms with E-state index in [-0.39, 0.29) is 0 Å². The van der Waals surface area contributed by atoms with Crippen LogP contribution in [0.4, 0.5) is 5.82 Å². The summed E-state index contributed by atoms with van der Waals surface area (Å²) in [5, 5.41) is 8.02. The average Bonchev–Trinajstić information content (AvgIpc) is 2.78. The Morgan fingerprint density at radius 2 is 2.07 bits per heavy atom. The fourth-order valence-electron chi connectivity index (χ4n) is 2.34. The van der Waals surface area contributed by atoms with Gasteiger partial charge in [-0.2, -0.15) is 5.10 Å². The molecule has 0 aromatic carbocycles. The molecule has 2 fully saturated rings. The lowest BCUT2D eigenvalue weighted by molar-refractivity contribution is 0.177. The second kappa shape index (κ2) is 3.20. The number of hydrogen-bond donors (Lipinski definition) is 0. The number of rotatable bonds is 1. The second-order valence-corrected chi connectivity index (χ2v) is 4.04. The van der Waals surface area contributed by atoms with Crippen molar-refractivity contribution < 1.29 is 4.74 Å². The van der Waals surface area contributed by atoms with Gasteiger partial charge in [-0.1, -0.05) is 0 Å². The van der Waals surface area contributed by atoms with Crippen molar-refractivity contribution in [2.24, 2.45) is 11.8 Å². The Labute approximate surface area is 82.9 Å². The van der Waals surface area contributed by atoms with Crippen LogP contribution in [0.25, 0.3) is 0 Å². The first kappa shape index (κ1) is 8.17. The summed E-state index contributed by atoms with van der Waals surface area (Å²) in [7, 11) is 0. The lowest BCUT2D eigenvalue weighted by atomic mass is 10.0. The molecule has 0 spiro atoms. The van der Waals surface area contributed by atoms with Crippen LogP contribution in [0.3, 0.4) is 0 Å². The molecule has 2 saturated heterocycles. The van der Waals surface area contributed by atoms with Gasteiger partial charge in [-0.05, 0) is 12.1 Å². The Kier molecular flexibility index (Phi) is 1.87. The highest BCUT2D eigenvalue weighted by Crippen LogP contribution is 2.31. The van der Waals surface area contributed by atoms with Gasteiger partial charge in [-0.15, -0.1) is 5.10 Å². The monoisotopic (exact) mass is 191 g/mol. The minimum Gasteiger partial charge on any atom is -0.381 e. The van der Waals surface area contributed by atoms with E-state index in [0.717, 1.165) is 32.1 Å². The maximum atomic E-state index is 5.43. The van der Waals surface area contributed by atoms with Gasteiger partial charge in [0, 0.05) is 31.1 Å². The molecule has 2 aliphatic rings. The van der Waals surface area contributed by atoms with Crippen LogP contribution in [-0.4, -0.2) is 36.5 Å².